The fraction of sp³-hybridized carbons (Fsp3) is 0.872. The predicted octanol–water partition coefficient (Wildman–Crippen LogP) is 4.88. The third kappa shape index (κ3) is 4.81. The number of aliphatic carboxylic acids is 1. The number of carboxylic acid groups (broad SMARTS) is 1. The molecule has 280 valence electrons. The molecule has 5 aliphatic carbocycles. The van der Waals surface area contributed by atoms with Crippen LogP contribution in [0.25, 0.3) is 0 Å². The average molecular weight is 702 g/mol. The van der Waals surface area contributed by atoms with Crippen molar-refractivity contribution >= 4 is 17.9 Å². The van der Waals surface area contributed by atoms with Gasteiger partial charge in [0, 0.05) is 5.41 Å². The van der Waals surface area contributed by atoms with E-state index in [1.54, 1.807) is 0 Å². The van der Waals surface area contributed by atoms with E-state index in [4.69, 9.17) is 19.0 Å². The standard InChI is InChI=1S/C39H59NO10/c1-20(2)21-11-16-39(34(45)46)18-17-37(6)22(27(21)39)9-10-24-36(5)14-13-25(35(3,4)23(36)12-15-38(24,37)7)48-26(41)19-40(47-8)32-28(42)30-31(49-32)29(43)33(44)50-30/h21-25,27-32,42-43H,1,9-19H2,2-8H3,(H,45,46)/t21-,22?,23?,24?,25-,27?,28+,29-,30+,31?,32?,36-,37+,38+,39-/m0/s1. The fourth-order valence-electron chi connectivity index (χ4n) is 13.9. The van der Waals surface area contributed by atoms with Crippen molar-refractivity contribution in [1.29, 1.82) is 0 Å². The first-order valence-electron chi connectivity index (χ1n) is 19.0. The minimum absolute atomic E-state index is 0.0440. The molecule has 0 aromatic carbocycles. The van der Waals surface area contributed by atoms with Crippen molar-refractivity contribution in [3.05, 3.63) is 12.2 Å². The van der Waals surface area contributed by atoms with Crippen molar-refractivity contribution in [3.8, 4) is 0 Å². The molecule has 2 saturated heterocycles. The Kier molecular flexibility index (Phi) is 8.70. The second-order valence-electron chi connectivity index (χ2n) is 18.6. The summed E-state index contributed by atoms with van der Waals surface area (Å²) in [5.41, 5.74) is 0.397. The molecule has 7 fully saturated rings. The molecule has 7 rings (SSSR count). The van der Waals surface area contributed by atoms with Gasteiger partial charge in [-0.3, -0.25) is 14.4 Å². The summed E-state index contributed by atoms with van der Waals surface area (Å²) in [7, 11) is 1.36. The van der Waals surface area contributed by atoms with E-state index >= 15 is 0 Å². The van der Waals surface area contributed by atoms with Crippen molar-refractivity contribution in [2.45, 2.75) is 142 Å². The van der Waals surface area contributed by atoms with Crippen molar-refractivity contribution in [1.82, 2.24) is 5.06 Å². The second-order valence-corrected chi connectivity index (χ2v) is 18.6. The summed E-state index contributed by atoms with van der Waals surface area (Å²) in [6.45, 7) is 18.2. The van der Waals surface area contributed by atoms with Gasteiger partial charge in [0.2, 0.25) is 0 Å². The molecule has 2 aliphatic heterocycles. The van der Waals surface area contributed by atoms with E-state index in [1.165, 1.54) is 12.2 Å². The Morgan fingerprint density at radius 2 is 1.64 bits per heavy atom. The van der Waals surface area contributed by atoms with Gasteiger partial charge in [-0.15, -0.1) is 5.06 Å². The minimum atomic E-state index is -1.51. The van der Waals surface area contributed by atoms with Crippen molar-refractivity contribution < 1.29 is 48.8 Å². The molecule has 15 atom stereocenters. The lowest BCUT2D eigenvalue weighted by molar-refractivity contribution is -0.262. The van der Waals surface area contributed by atoms with Gasteiger partial charge in [0.15, 0.2) is 18.4 Å². The molecule has 7 aliphatic rings. The van der Waals surface area contributed by atoms with Crippen LogP contribution in [0.4, 0.5) is 0 Å². The summed E-state index contributed by atoms with van der Waals surface area (Å²) < 4.78 is 17.1. The third-order valence-corrected chi connectivity index (χ3v) is 16.6. The summed E-state index contributed by atoms with van der Waals surface area (Å²) in [4.78, 5) is 43.6. The molecule has 0 bridgehead atoms. The smallest absolute Gasteiger partial charge is 0.338 e. The zero-order chi connectivity index (χ0) is 36.3. The van der Waals surface area contributed by atoms with Gasteiger partial charge >= 0.3 is 17.9 Å². The lowest BCUT2D eigenvalue weighted by Gasteiger charge is -2.72. The van der Waals surface area contributed by atoms with Gasteiger partial charge < -0.3 is 29.5 Å². The van der Waals surface area contributed by atoms with E-state index in [1.807, 2.05) is 0 Å². The molecular formula is C39H59NO10. The Bertz CT molecular complexity index is 1430. The Labute approximate surface area is 296 Å². The number of aliphatic hydroxyl groups excluding tert-OH is 2. The van der Waals surface area contributed by atoms with Gasteiger partial charge in [0.05, 0.1) is 12.5 Å². The fourth-order valence-corrected chi connectivity index (χ4v) is 13.9. The zero-order valence-electron chi connectivity index (χ0n) is 31.0. The van der Waals surface area contributed by atoms with Crippen LogP contribution < -0.4 is 0 Å². The number of carboxylic acids is 1. The predicted molar refractivity (Wildman–Crippen MR) is 181 cm³/mol. The first-order valence-corrected chi connectivity index (χ1v) is 19.0. The molecule has 0 amide bonds. The summed E-state index contributed by atoms with van der Waals surface area (Å²) in [5, 5.41) is 32.7. The lowest BCUT2D eigenvalue weighted by Crippen LogP contribution is -2.67. The molecule has 11 nitrogen and oxygen atoms in total. The number of hydroxylamine groups is 2. The zero-order valence-corrected chi connectivity index (χ0v) is 31.0. The molecule has 0 aromatic rings. The van der Waals surface area contributed by atoms with E-state index < -0.39 is 54.0 Å². The third-order valence-electron chi connectivity index (χ3n) is 16.6. The van der Waals surface area contributed by atoms with Crippen molar-refractivity contribution in [2.24, 2.45) is 56.7 Å². The highest BCUT2D eigenvalue weighted by Crippen LogP contribution is 2.77. The quantitative estimate of drug-likeness (QED) is 0.189. The SMILES string of the molecule is C=C(C)[C@@H]1CC[C@]2(C(=O)O)CC[C@]3(C)C(CCC4[C@@]5(C)CC[C@H](OC(=O)CN(OC)C6OC7[C@H](O)C(=O)O[C@@H]7[C@H]6O)C(C)(C)C5CC[C@]43C)C12. The molecule has 6 unspecified atom stereocenters. The number of esters is 2. The Morgan fingerprint density at radius 3 is 2.28 bits per heavy atom. The maximum atomic E-state index is 13.5. The summed E-state index contributed by atoms with van der Waals surface area (Å²) in [6, 6.07) is 0. The van der Waals surface area contributed by atoms with Gasteiger partial charge in [0.25, 0.3) is 0 Å². The number of aliphatic hydroxyl groups is 2. The Hall–Kier alpha value is -2.05. The van der Waals surface area contributed by atoms with Crippen LogP contribution in [0.3, 0.4) is 0 Å². The van der Waals surface area contributed by atoms with Gasteiger partial charge in [-0.25, -0.2) is 4.79 Å². The van der Waals surface area contributed by atoms with Crippen molar-refractivity contribution in [3.63, 3.8) is 0 Å². The molecule has 0 spiro atoms. The van der Waals surface area contributed by atoms with Crippen LogP contribution in [0, 0.1) is 56.7 Å². The number of carbonyl (C=O) groups is 3. The molecule has 2 heterocycles. The number of carbonyl (C=O) groups excluding carboxylic acids is 2. The van der Waals surface area contributed by atoms with Crippen molar-refractivity contribution in [2.75, 3.05) is 13.7 Å². The number of rotatable bonds is 7. The largest absolute Gasteiger partial charge is 0.481 e. The van der Waals surface area contributed by atoms with Crippen LogP contribution in [0.15, 0.2) is 12.2 Å². The first-order chi connectivity index (χ1) is 23.4. The molecule has 0 aromatic heterocycles. The topological polar surface area (TPSA) is 152 Å². The number of fused-ring (bicyclic) bond motifs is 8. The Morgan fingerprint density at radius 1 is 0.920 bits per heavy atom. The van der Waals surface area contributed by atoms with Gasteiger partial charge in [-0.2, -0.15) is 0 Å². The number of ether oxygens (including phenoxy) is 3. The van der Waals surface area contributed by atoms with E-state index in [2.05, 4.69) is 48.1 Å². The van der Waals surface area contributed by atoms with Crippen LogP contribution in [-0.4, -0.2) is 88.7 Å². The molecule has 50 heavy (non-hydrogen) atoms. The lowest BCUT2D eigenvalue weighted by atomic mass is 9.32. The monoisotopic (exact) mass is 701 g/mol. The minimum Gasteiger partial charge on any atom is -0.481 e. The number of hydrogen-bond acceptors (Lipinski definition) is 10. The normalized spacial score (nSPS) is 50.4. The number of allylic oxidation sites excluding steroid dienone is 1. The second kappa shape index (κ2) is 12.0. The van der Waals surface area contributed by atoms with Crippen LogP contribution in [0.1, 0.15) is 106 Å². The van der Waals surface area contributed by atoms with E-state index in [-0.39, 0.29) is 46.1 Å². The molecule has 0 radical (unpaired) electrons. The highest BCUT2D eigenvalue weighted by atomic mass is 16.7. The average Bonchev–Trinajstić information content (AvgIpc) is 3.69. The van der Waals surface area contributed by atoms with E-state index in [9.17, 15) is 29.7 Å². The number of hydrogen-bond donors (Lipinski definition) is 3. The maximum Gasteiger partial charge on any atom is 0.338 e. The van der Waals surface area contributed by atoms with E-state index in [0.717, 1.165) is 69.8 Å². The first kappa shape index (κ1) is 36.3. The van der Waals surface area contributed by atoms with E-state index in [0.29, 0.717) is 17.8 Å². The molecule has 5 saturated carbocycles. The van der Waals surface area contributed by atoms with Crippen LogP contribution >= 0.6 is 0 Å². The van der Waals surface area contributed by atoms with Gasteiger partial charge in [-0.1, -0.05) is 46.8 Å². The summed E-state index contributed by atoms with van der Waals surface area (Å²) in [6.07, 6.45) is 3.03. The van der Waals surface area contributed by atoms with Crippen LogP contribution in [0.2, 0.25) is 0 Å². The summed E-state index contributed by atoms with van der Waals surface area (Å²) in [5.74, 6) is -0.335. The van der Waals surface area contributed by atoms with Gasteiger partial charge in [-0.05, 0) is 117 Å². The highest BCUT2D eigenvalue weighted by Gasteiger charge is 2.72. The summed E-state index contributed by atoms with van der Waals surface area (Å²) >= 11 is 0. The van der Waals surface area contributed by atoms with Crippen LogP contribution in [-0.2, 0) is 33.4 Å². The molecule has 11 heteroatoms. The highest BCUT2D eigenvalue weighted by molar-refractivity contribution is 5.78. The van der Waals surface area contributed by atoms with Gasteiger partial charge in [0.1, 0.15) is 24.9 Å². The molecule has 3 N–H and O–H groups in total. The number of nitrogens with zero attached hydrogens (tertiary/aromatic N) is 1. The Balaban J connectivity index is 1.07. The maximum absolute atomic E-state index is 13.5. The van der Waals surface area contributed by atoms with Crippen LogP contribution in [0.5, 0.6) is 0 Å². The molecular weight excluding hydrogens is 642 g/mol.